The Labute approximate surface area is 131 Å². The molecule has 1 rings (SSSR count). The molecule has 104 valence electrons. The minimum atomic E-state index is 0. The summed E-state index contributed by atoms with van der Waals surface area (Å²) in [5.41, 5.74) is 0. The third kappa shape index (κ3) is 5.09. The standard InChI is InChI=1S/C12H22N4S.HI/c1-9(11-13-8-10(2)17-11)7-14-12(15(3)4)16(5)6;/h8-9H,7H2,1-6H3;1H. The van der Waals surface area contributed by atoms with Gasteiger partial charge in [-0.05, 0) is 6.92 Å². The van der Waals surface area contributed by atoms with E-state index in [2.05, 4.69) is 23.8 Å². The normalized spacial score (nSPS) is 11.4. The van der Waals surface area contributed by atoms with Gasteiger partial charge in [0.25, 0.3) is 0 Å². The summed E-state index contributed by atoms with van der Waals surface area (Å²) in [6.07, 6.45) is 1.93. The van der Waals surface area contributed by atoms with Gasteiger partial charge in [-0.15, -0.1) is 35.3 Å². The van der Waals surface area contributed by atoms with Crippen molar-refractivity contribution in [3.05, 3.63) is 16.1 Å². The molecule has 0 N–H and O–H groups in total. The van der Waals surface area contributed by atoms with Gasteiger partial charge >= 0.3 is 0 Å². The number of hydrogen-bond acceptors (Lipinski definition) is 3. The summed E-state index contributed by atoms with van der Waals surface area (Å²) in [6, 6.07) is 0. The summed E-state index contributed by atoms with van der Waals surface area (Å²) in [5, 5.41) is 1.17. The lowest BCUT2D eigenvalue weighted by atomic mass is 10.2. The van der Waals surface area contributed by atoms with Crippen molar-refractivity contribution in [2.45, 2.75) is 19.8 Å². The third-order valence-electron chi connectivity index (χ3n) is 2.37. The van der Waals surface area contributed by atoms with Crippen molar-refractivity contribution < 1.29 is 0 Å². The molecule has 0 aromatic carbocycles. The zero-order chi connectivity index (χ0) is 13.0. The van der Waals surface area contributed by atoms with Crippen molar-refractivity contribution in [2.24, 2.45) is 4.99 Å². The van der Waals surface area contributed by atoms with Gasteiger partial charge in [0.05, 0.1) is 11.6 Å². The first-order valence-electron chi connectivity index (χ1n) is 5.73. The van der Waals surface area contributed by atoms with Crippen molar-refractivity contribution in [3.63, 3.8) is 0 Å². The van der Waals surface area contributed by atoms with Crippen molar-refractivity contribution >= 4 is 41.3 Å². The molecule has 18 heavy (non-hydrogen) atoms. The minimum Gasteiger partial charge on any atom is -0.349 e. The van der Waals surface area contributed by atoms with Gasteiger partial charge in [0.2, 0.25) is 0 Å². The van der Waals surface area contributed by atoms with Crippen molar-refractivity contribution in [1.82, 2.24) is 14.8 Å². The van der Waals surface area contributed by atoms with Gasteiger partial charge in [0, 0.05) is 45.2 Å². The number of rotatable bonds is 3. The van der Waals surface area contributed by atoms with Crippen LogP contribution >= 0.6 is 35.3 Å². The maximum absolute atomic E-state index is 4.64. The Balaban J connectivity index is 0.00000289. The molecular weight excluding hydrogens is 359 g/mol. The van der Waals surface area contributed by atoms with Gasteiger partial charge in [-0.2, -0.15) is 0 Å². The van der Waals surface area contributed by atoms with E-state index in [0.29, 0.717) is 5.92 Å². The largest absolute Gasteiger partial charge is 0.349 e. The molecule has 4 nitrogen and oxygen atoms in total. The lowest BCUT2D eigenvalue weighted by molar-refractivity contribution is 0.477. The molecule has 0 saturated heterocycles. The SMILES string of the molecule is Cc1cnc(C(C)CN=C(N(C)C)N(C)C)s1.I. The van der Waals surface area contributed by atoms with Crippen LogP contribution in [0.4, 0.5) is 0 Å². The number of hydrogen-bond donors (Lipinski definition) is 0. The van der Waals surface area contributed by atoms with Crippen molar-refractivity contribution in [2.75, 3.05) is 34.7 Å². The van der Waals surface area contributed by atoms with Gasteiger partial charge < -0.3 is 9.80 Å². The van der Waals surface area contributed by atoms with Crippen LogP contribution in [-0.4, -0.2) is 55.5 Å². The number of thiazole rings is 1. The van der Waals surface area contributed by atoms with Gasteiger partial charge in [-0.25, -0.2) is 4.98 Å². The summed E-state index contributed by atoms with van der Waals surface area (Å²) in [6.45, 7) is 5.03. The molecule has 6 heteroatoms. The molecule has 0 spiro atoms. The molecule has 0 bridgehead atoms. The van der Waals surface area contributed by atoms with Crippen LogP contribution < -0.4 is 0 Å². The fourth-order valence-electron chi connectivity index (χ4n) is 1.58. The van der Waals surface area contributed by atoms with E-state index in [1.54, 1.807) is 11.3 Å². The van der Waals surface area contributed by atoms with E-state index in [1.165, 1.54) is 9.88 Å². The maximum Gasteiger partial charge on any atom is 0.195 e. The summed E-state index contributed by atoms with van der Waals surface area (Å²) >= 11 is 1.76. The fraction of sp³-hybridized carbons (Fsp3) is 0.667. The molecule has 0 fully saturated rings. The average molecular weight is 382 g/mol. The molecule has 1 aromatic rings. The second-order valence-corrected chi connectivity index (χ2v) is 5.91. The van der Waals surface area contributed by atoms with Crippen LogP contribution in [0.1, 0.15) is 22.7 Å². The quantitative estimate of drug-likeness (QED) is 0.458. The highest BCUT2D eigenvalue weighted by atomic mass is 127. The number of aryl methyl sites for hydroxylation is 1. The zero-order valence-electron chi connectivity index (χ0n) is 12.0. The fourth-order valence-corrected chi connectivity index (χ4v) is 2.40. The topological polar surface area (TPSA) is 31.7 Å². The van der Waals surface area contributed by atoms with E-state index in [4.69, 9.17) is 0 Å². The molecule has 1 aromatic heterocycles. The lowest BCUT2D eigenvalue weighted by Crippen LogP contribution is -2.35. The Kier molecular flexibility index (Phi) is 7.77. The van der Waals surface area contributed by atoms with Crippen LogP contribution in [0.2, 0.25) is 0 Å². The first-order chi connectivity index (χ1) is 7.91. The molecule has 1 heterocycles. The number of halogens is 1. The minimum absolute atomic E-state index is 0. The second-order valence-electron chi connectivity index (χ2n) is 4.64. The number of aliphatic imine (C=N–C) groups is 1. The highest BCUT2D eigenvalue weighted by Gasteiger charge is 2.10. The van der Waals surface area contributed by atoms with E-state index in [-0.39, 0.29) is 24.0 Å². The van der Waals surface area contributed by atoms with Crippen molar-refractivity contribution in [3.8, 4) is 0 Å². The van der Waals surface area contributed by atoms with E-state index >= 15 is 0 Å². The molecule has 0 saturated carbocycles. The second kappa shape index (κ2) is 7.93. The van der Waals surface area contributed by atoms with Gasteiger partial charge in [-0.3, -0.25) is 4.99 Å². The number of guanidine groups is 1. The summed E-state index contributed by atoms with van der Waals surface area (Å²) in [4.78, 5) is 14.4. The van der Waals surface area contributed by atoms with Crippen LogP contribution in [0.15, 0.2) is 11.2 Å². The molecule has 0 radical (unpaired) electrons. The van der Waals surface area contributed by atoms with Crippen LogP contribution in [0, 0.1) is 6.92 Å². The van der Waals surface area contributed by atoms with Gasteiger partial charge in [-0.1, -0.05) is 6.92 Å². The third-order valence-corrected chi connectivity index (χ3v) is 3.51. The van der Waals surface area contributed by atoms with E-state index in [0.717, 1.165) is 12.5 Å². The lowest BCUT2D eigenvalue weighted by Gasteiger charge is -2.23. The average Bonchev–Trinajstić information content (AvgIpc) is 2.63. The van der Waals surface area contributed by atoms with Crippen LogP contribution in [0.3, 0.4) is 0 Å². The Bertz CT molecular complexity index is 377. The van der Waals surface area contributed by atoms with Crippen LogP contribution in [0.25, 0.3) is 0 Å². The first kappa shape index (κ1) is 17.6. The molecule has 0 aliphatic carbocycles. The highest BCUT2D eigenvalue weighted by molar-refractivity contribution is 14.0. The van der Waals surface area contributed by atoms with E-state index in [1.807, 2.05) is 44.2 Å². The van der Waals surface area contributed by atoms with Gasteiger partial charge in [0.1, 0.15) is 0 Å². The molecule has 1 atom stereocenters. The Morgan fingerprint density at radius 1 is 1.33 bits per heavy atom. The maximum atomic E-state index is 4.64. The monoisotopic (exact) mass is 382 g/mol. The Morgan fingerprint density at radius 2 is 1.89 bits per heavy atom. The predicted octanol–water partition coefficient (Wildman–Crippen LogP) is 2.65. The van der Waals surface area contributed by atoms with E-state index in [9.17, 15) is 0 Å². The highest BCUT2D eigenvalue weighted by Crippen LogP contribution is 2.21. The summed E-state index contributed by atoms with van der Waals surface area (Å²) in [5.74, 6) is 1.37. The summed E-state index contributed by atoms with van der Waals surface area (Å²) < 4.78 is 0. The molecular formula is C12H23IN4S. The molecule has 1 unspecified atom stereocenters. The molecule has 0 amide bonds. The Hall–Kier alpha value is -0.370. The summed E-state index contributed by atoms with van der Waals surface area (Å²) in [7, 11) is 8.04. The Morgan fingerprint density at radius 3 is 2.28 bits per heavy atom. The molecule has 0 aliphatic rings. The predicted molar refractivity (Wildman–Crippen MR) is 90.4 cm³/mol. The molecule has 0 aliphatic heterocycles. The number of nitrogens with zero attached hydrogens (tertiary/aromatic N) is 4. The van der Waals surface area contributed by atoms with E-state index < -0.39 is 0 Å². The smallest absolute Gasteiger partial charge is 0.195 e. The van der Waals surface area contributed by atoms with Crippen LogP contribution in [-0.2, 0) is 0 Å². The zero-order valence-corrected chi connectivity index (χ0v) is 15.1. The number of aromatic nitrogens is 1. The first-order valence-corrected chi connectivity index (χ1v) is 6.55. The van der Waals surface area contributed by atoms with Crippen LogP contribution in [0.5, 0.6) is 0 Å². The van der Waals surface area contributed by atoms with Gasteiger partial charge in [0.15, 0.2) is 5.96 Å². The van der Waals surface area contributed by atoms with Crippen molar-refractivity contribution in [1.29, 1.82) is 0 Å².